The highest BCUT2D eigenvalue weighted by atomic mass is 32.2. The molecule has 1 aromatic carbocycles. The molecule has 0 aliphatic heterocycles. The van der Waals surface area contributed by atoms with Crippen LogP contribution in [0.2, 0.25) is 0 Å². The van der Waals surface area contributed by atoms with Crippen LogP contribution >= 0.6 is 11.8 Å². The second-order valence-electron chi connectivity index (χ2n) is 3.44. The van der Waals surface area contributed by atoms with E-state index in [-0.39, 0.29) is 5.78 Å². The SMILES string of the molecule is CC(=O)c1cc(Sc2ncccn2)ccc1N. The Labute approximate surface area is 103 Å². The number of aromatic nitrogens is 2. The van der Waals surface area contributed by atoms with E-state index in [2.05, 4.69) is 9.97 Å². The van der Waals surface area contributed by atoms with Crippen molar-refractivity contribution in [2.75, 3.05) is 5.73 Å². The topological polar surface area (TPSA) is 68.9 Å². The molecule has 2 rings (SSSR count). The van der Waals surface area contributed by atoms with E-state index in [0.717, 1.165) is 4.90 Å². The Morgan fingerprint density at radius 1 is 1.29 bits per heavy atom. The Balaban J connectivity index is 2.29. The monoisotopic (exact) mass is 245 g/mol. The second kappa shape index (κ2) is 4.97. The van der Waals surface area contributed by atoms with Crippen LogP contribution in [0.3, 0.4) is 0 Å². The molecule has 0 amide bonds. The molecule has 4 nitrogen and oxygen atoms in total. The highest BCUT2D eigenvalue weighted by molar-refractivity contribution is 7.99. The van der Waals surface area contributed by atoms with Crippen molar-refractivity contribution in [2.45, 2.75) is 17.0 Å². The predicted molar refractivity (Wildman–Crippen MR) is 67.0 cm³/mol. The minimum Gasteiger partial charge on any atom is -0.398 e. The molecule has 0 spiro atoms. The van der Waals surface area contributed by atoms with Gasteiger partial charge in [0, 0.05) is 28.5 Å². The number of rotatable bonds is 3. The van der Waals surface area contributed by atoms with Gasteiger partial charge in [0.05, 0.1) is 0 Å². The summed E-state index contributed by atoms with van der Waals surface area (Å²) in [5, 5.41) is 0.645. The van der Waals surface area contributed by atoms with Crippen molar-refractivity contribution in [3.05, 3.63) is 42.2 Å². The van der Waals surface area contributed by atoms with Gasteiger partial charge in [-0.3, -0.25) is 4.79 Å². The Hall–Kier alpha value is -1.88. The smallest absolute Gasteiger partial charge is 0.192 e. The normalized spacial score (nSPS) is 10.2. The molecule has 0 aliphatic rings. The lowest BCUT2D eigenvalue weighted by molar-refractivity contribution is 0.101. The van der Waals surface area contributed by atoms with Crippen LogP contribution in [0.15, 0.2) is 46.7 Å². The predicted octanol–water partition coefficient (Wildman–Crippen LogP) is 2.41. The van der Waals surface area contributed by atoms with E-state index >= 15 is 0 Å². The van der Waals surface area contributed by atoms with Gasteiger partial charge < -0.3 is 5.73 Å². The van der Waals surface area contributed by atoms with Gasteiger partial charge in [-0.25, -0.2) is 9.97 Å². The summed E-state index contributed by atoms with van der Waals surface area (Å²) in [5.41, 5.74) is 6.75. The molecule has 0 radical (unpaired) electrons. The van der Waals surface area contributed by atoms with Gasteiger partial charge in [-0.2, -0.15) is 0 Å². The molecule has 0 atom stereocenters. The van der Waals surface area contributed by atoms with E-state index in [4.69, 9.17) is 5.73 Å². The van der Waals surface area contributed by atoms with Crippen molar-refractivity contribution in [3.63, 3.8) is 0 Å². The summed E-state index contributed by atoms with van der Waals surface area (Å²) in [6, 6.07) is 7.09. The first-order chi connectivity index (χ1) is 8.16. The number of hydrogen-bond donors (Lipinski definition) is 1. The third kappa shape index (κ3) is 2.82. The summed E-state index contributed by atoms with van der Waals surface area (Å²) in [7, 11) is 0. The third-order valence-electron chi connectivity index (χ3n) is 2.16. The fourth-order valence-electron chi connectivity index (χ4n) is 1.35. The number of nitrogen functional groups attached to an aromatic ring is 1. The van der Waals surface area contributed by atoms with E-state index in [0.29, 0.717) is 16.4 Å². The number of Topliss-reactive ketones (excluding diaryl/α,β-unsaturated/α-hetero) is 1. The molecule has 0 fully saturated rings. The minimum absolute atomic E-state index is 0.0427. The largest absolute Gasteiger partial charge is 0.398 e. The lowest BCUT2D eigenvalue weighted by Crippen LogP contribution is -1.99. The summed E-state index contributed by atoms with van der Waals surface area (Å²) in [6.45, 7) is 1.50. The molecule has 86 valence electrons. The lowest BCUT2D eigenvalue weighted by Gasteiger charge is -2.04. The van der Waals surface area contributed by atoms with E-state index < -0.39 is 0 Å². The zero-order valence-corrected chi connectivity index (χ0v) is 10.1. The molecule has 0 bridgehead atoms. The maximum atomic E-state index is 11.4. The van der Waals surface area contributed by atoms with Gasteiger partial charge in [0.15, 0.2) is 10.9 Å². The number of nitrogens with zero attached hydrogens (tertiary/aromatic N) is 2. The molecule has 2 N–H and O–H groups in total. The second-order valence-corrected chi connectivity index (χ2v) is 4.48. The van der Waals surface area contributed by atoms with Crippen molar-refractivity contribution in [1.82, 2.24) is 9.97 Å². The number of anilines is 1. The van der Waals surface area contributed by atoms with Gasteiger partial charge in [0.1, 0.15) is 0 Å². The summed E-state index contributed by atoms with van der Waals surface area (Å²) >= 11 is 1.40. The van der Waals surface area contributed by atoms with Gasteiger partial charge in [-0.05, 0) is 43.0 Å². The van der Waals surface area contributed by atoms with Crippen LogP contribution in [0.5, 0.6) is 0 Å². The minimum atomic E-state index is -0.0427. The molecule has 1 aromatic heterocycles. The average Bonchev–Trinajstić information content (AvgIpc) is 2.32. The van der Waals surface area contributed by atoms with Crippen molar-refractivity contribution in [1.29, 1.82) is 0 Å². The molecule has 5 heteroatoms. The van der Waals surface area contributed by atoms with Gasteiger partial charge in [0.25, 0.3) is 0 Å². The fraction of sp³-hybridized carbons (Fsp3) is 0.0833. The number of carbonyl (C=O) groups is 1. The van der Waals surface area contributed by atoms with Crippen LogP contribution in [0.25, 0.3) is 0 Å². The summed E-state index contributed by atoms with van der Waals surface area (Å²) in [6.07, 6.45) is 3.36. The number of ketones is 1. The Bertz CT molecular complexity index is 543. The summed E-state index contributed by atoms with van der Waals surface area (Å²) in [5.74, 6) is -0.0427. The van der Waals surface area contributed by atoms with Gasteiger partial charge in [0.2, 0.25) is 0 Å². The number of carbonyl (C=O) groups excluding carboxylic acids is 1. The summed E-state index contributed by atoms with van der Waals surface area (Å²) < 4.78 is 0. The number of hydrogen-bond acceptors (Lipinski definition) is 5. The van der Waals surface area contributed by atoms with Crippen LogP contribution in [0.4, 0.5) is 5.69 Å². The van der Waals surface area contributed by atoms with E-state index in [1.165, 1.54) is 18.7 Å². The van der Waals surface area contributed by atoms with Crippen molar-refractivity contribution in [2.24, 2.45) is 0 Å². The van der Waals surface area contributed by atoms with E-state index in [1.807, 2.05) is 6.07 Å². The van der Waals surface area contributed by atoms with Crippen LogP contribution in [-0.2, 0) is 0 Å². The van der Waals surface area contributed by atoms with Crippen LogP contribution < -0.4 is 5.73 Å². The van der Waals surface area contributed by atoms with Crippen molar-refractivity contribution < 1.29 is 4.79 Å². The fourth-order valence-corrected chi connectivity index (χ4v) is 2.10. The van der Waals surface area contributed by atoms with E-state index in [9.17, 15) is 4.79 Å². The molecule has 2 aromatic rings. The first-order valence-electron chi connectivity index (χ1n) is 5.02. The highest BCUT2D eigenvalue weighted by Gasteiger charge is 2.07. The van der Waals surface area contributed by atoms with Crippen LogP contribution in [-0.4, -0.2) is 15.8 Å². The lowest BCUT2D eigenvalue weighted by atomic mass is 10.1. The van der Waals surface area contributed by atoms with Gasteiger partial charge in [-0.15, -0.1) is 0 Å². The average molecular weight is 245 g/mol. The number of benzene rings is 1. The Morgan fingerprint density at radius 2 is 2.00 bits per heavy atom. The molecule has 1 heterocycles. The maximum absolute atomic E-state index is 11.4. The Morgan fingerprint density at radius 3 is 2.65 bits per heavy atom. The molecule has 0 saturated heterocycles. The third-order valence-corrected chi connectivity index (χ3v) is 3.04. The standard InChI is InChI=1S/C12H11N3OS/c1-8(16)10-7-9(3-4-11(10)13)17-12-14-5-2-6-15-12/h2-7H,13H2,1H3. The molecule has 0 saturated carbocycles. The number of nitrogens with two attached hydrogens (primary N) is 1. The zero-order valence-electron chi connectivity index (χ0n) is 9.25. The van der Waals surface area contributed by atoms with Gasteiger partial charge in [-0.1, -0.05) is 0 Å². The van der Waals surface area contributed by atoms with E-state index in [1.54, 1.807) is 30.6 Å². The molecule has 17 heavy (non-hydrogen) atoms. The van der Waals surface area contributed by atoms with Crippen LogP contribution in [0.1, 0.15) is 17.3 Å². The van der Waals surface area contributed by atoms with Crippen molar-refractivity contribution in [3.8, 4) is 0 Å². The highest BCUT2D eigenvalue weighted by Crippen LogP contribution is 2.27. The molecule has 0 aliphatic carbocycles. The van der Waals surface area contributed by atoms with Crippen molar-refractivity contribution >= 4 is 23.2 Å². The molecule has 0 unspecified atom stereocenters. The zero-order chi connectivity index (χ0) is 12.3. The van der Waals surface area contributed by atoms with Gasteiger partial charge >= 0.3 is 0 Å². The first kappa shape index (κ1) is 11.6. The van der Waals surface area contributed by atoms with Crippen LogP contribution in [0, 0.1) is 0 Å². The maximum Gasteiger partial charge on any atom is 0.192 e. The summed E-state index contributed by atoms with van der Waals surface area (Å²) in [4.78, 5) is 20.5. The molecular formula is C12H11N3OS. The molecular weight excluding hydrogens is 234 g/mol. The quantitative estimate of drug-likeness (QED) is 0.511. The first-order valence-corrected chi connectivity index (χ1v) is 5.84. The Kier molecular flexibility index (Phi) is 3.39.